The molecule has 7 nitrogen and oxygen atoms in total. The molecule has 35 heavy (non-hydrogen) atoms. The second-order valence-corrected chi connectivity index (χ2v) is 7.89. The number of nitrogens with one attached hydrogen (secondary N) is 2. The molecule has 1 unspecified atom stereocenters. The molecule has 3 aromatic carbocycles. The first-order chi connectivity index (χ1) is 16.9. The highest BCUT2D eigenvalue weighted by Gasteiger charge is 2.29. The van der Waals surface area contributed by atoms with Crippen LogP contribution < -0.4 is 10.6 Å². The molecule has 0 aromatic heterocycles. The van der Waals surface area contributed by atoms with Crippen LogP contribution >= 0.6 is 0 Å². The van der Waals surface area contributed by atoms with Gasteiger partial charge in [0.25, 0.3) is 5.91 Å². The number of ether oxygens (including phenoxy) is 1. The Morgan fingerprint density at radius 3 is 2.23 bits per heavy atom. The summed E-state index contributed by atoms with van der Waals surface area (Å²) in [5.41, 5.74) is 3.46. The average Bonchev–Trinajstić information content (AvgIpc) is 3.17. The molecule has 1 aliphatic carbocycles. The van der Waals surface area contributed by atoms with Crippen molar-refractivity contribution >= 4 is 23.7 Å². The molecule has 0 saturated carbocycles. The van der Waals surface area contributed by atoms with Gasteiger partial charge in [-0.25, -0.2) is 14.0 Å². The highest BCUT2D eigenvalue weighted by Crippen LogP contribution is 2.44. The van der Waals surface area contributed by atoms with E-state index in [2.05, 4.69) is 16.6 Å². The van der Waals surface area contributed by atoms with E-state index in [0.29, 0.717) is 0 Å². The number of carbonyl (C=O) groups is 3. The van der Waals surface area contributed by atoms with Crippen LogP contribution in [0.5, 0.6) is 0 Å². The van der Waals surface area contributed by atoms with E-state index in [0.717, 1.165) is 28.3 Å². The first-order valence-corrected chi connectivity index (χ1v) is 10.8. The second-order valence-electron chi connectivity index (χ2n) is 7.89. The maximum Gasteiger partial charge on any atom is 0.411 e. The van der Waals surface area contributed by atoms with Gasteiger partial charge in [-0.05, 0) is 34.4 Å². The van der Waals surface area contributed by atoms with Crippen LogP contribution in [0.25, 0.3) is 11.1 Å². The van der Waals surface area contributed by atoms with E-state index in [1.54, 1.807) is 0 Å². The highest BCUT2D eigenvalue weighted by molar-refractivity contribution is 6.04. The number of halogens is 1. The minimum absolute atomic E-state index is 0.000893. The van der Waals surface area contributed by atoms with Gasteiger partial charge in [0.1, 0.15) is 18.5 Å². The van der Waals surface area contributed by atoms with E-state index in [-0.39, 0.29) is 24.5 Å². The molecule has 0 saturated heterocycles. The summed E-state index contributed by atoms with van der Waals surface area (Å²) < 4.78 is 20.0. The molecule has 176 valence electrons. The number of rotatable bonds is 7. The molecule has 3 N–H and O–H groups in total. The normalized spacial score (nSPS) is 12.6. The minimum atomic E-state index is -1.36. The number of benzene rings is 3. The standard InChI is InChI=1S/C27H21FN2O5/c1-2-8-23(26(32)33)29-25(31)20-13-7-14-22(28)24(20)30-27(34)35-15-21-18-11-5-3-9-16(18)17-10-4-6-12-19(17)21/h1,3-7,9-14,21,23H,8,15H2,(H,29,31)(H,30,34)(H,32,33). The Bertz CT molecular complexity index is 1300. The molecule has 0 fully saturated rings. The Kier molecular flexibility index (Phi) is 6.78. The number of fused-ring (bicyclic) bond motifs is 3. The van der Waals surface area contributed by atoms with Crippen LogP contribution in [-0.4, -0.2) is 35.7 Å². The predicted molar refractivity (Wildman–Crippen MR) is 127 cm³/mol. The summed E-state index contributed by atoms with van der Waals surface area (Å²) in [6, 6.07) is 17.9. The fourth-order valence-electron chi connectivity index (χ4n) is 4.13. The quantitative estimate of drug-likeness (QED) is 0.443. The summed E-state index contributed by atoms with van der Waals surface area (Å²) >= 11 is 0. The second kappa shape index (κ2) is 10.1. The van der Waals surface area contributed by atoms with Gasteiger partial charge < -0.3 is 15.2 Å². The van der Waals surface area contributed by atoms with Gasteiger partial charge in [-0.15, -0.1) is 12.3 Å². The maximum atomic E-state index is 14.6. The molecule has 4 rings (SSSR count). The van der Waals surface area contributed by atoms with Gasteiger partial charge in [0.05, 0.1) is 11.3 Å². The third-order valence-electron chi connectivity index (χ3n) is 5.75. The fraction of sp³-hybridized carbons (Fsp3) is 0.148. The lowest BCUT2D eigenvalue weighted by molar-refractivity contribution is -0.139. The molecule has 0 radical (unpaired) electrons. The summed E-state index contributed by atoms with van der Waals surface area (Å²) in [7, 11) is 0. The van der Waals surface area contributed by atoms with Gasteiger partial charge in [-0.1, -0.05) is 54.6 Å². The van der Waals surface area contributed by atoms with Crippen LogP contribution in [0, 0.1) is 18.2 Å². The number of hydrogen-bond donors (Lipinski definition) is 3. The lowest BCUT2D eigenvalue weighted by Crippen LogP contribution is -2.40. The van der Waals surface area contributed by atoms with Crippen LogP contribution in [0.3, 0.4) is 0 Å². The topological polar surface area (TPSA) is 105 Å². The van der Waals surface area contributed by atoms with Crippen molar-refractivity contribution in [3.05, 3.63) is 89.2 Å². The number of amides is 2. The molecular formula is C27H21FN2O5. The van der Waals surface area contributed by atoms with Crippen molar-refractivity contribution in [1.82, 2.24) is 5.32 Å². The molecule has 2 amide bonds. The van der Waals surface area contributed by atoms with Crippen molar-refractivity contribution in [2.24, 2.45) is 0 Å². The monoisotopic (exact) mass is 472 g/mol. The molecule has 1 aliphatic rings. The van der Waals surface area contributed by atoms with Crippen LogP contribution in [0.15, 0.2) is 66.7 Å². The number of anilines is 1. The van der Waals surface area contributed by atoms with Crippen molar-refractivity contribution in [2.75, 3.05) is 11.9 Å². The van der Waals surface area contributed by atoms with Crippen LogP contribution in [0.1, 0.15) is 33.8 Å². The van der Waals surface area contributed by atoms with E-state index in [1.807, 2.05) is 48.5 Å². The summed E-state index contributed by atoms with van der Waals surface area (Å²) in [6.45, 7) is -0.000893. The summed E-state index contributed by atoms with van der Waals surface area (Å²) in [5.74, 6) is -1.15. The van der Waals surface area contributed by atoms with Crippen LogP contribution in [0.2, 0.25) is 0 Å². The molecule has 0 aliphatic heterocycles. The van der Waals surface area contributed by atoms with Crippen LogP contribution in [0.4, 0.5) is 14.9 Å². The minimum Gasteiger partial charge on any atom is -0.480 e. The van der Waals surface area contributed by atoms with E-state index in [4.69, 9.17) is 11.2 Å². The fourth-order valence-corrected chi connectivity index (χ4v) is 4.13. The first-order valence-electron chi connectivity index (χ1n) is 10.8. The zero-order chi connectivity index (χ0) is 24.9. The molecule has 8 heteroatoms. The van der Waals surface area contributed by atoms with Crippen molar-refractivity contribution in [3.8, 4) is 23.5 Å². The zero-order valence-electron chi connectivity index (χ0n) is 18.5. The van der Waals surface area contributed by atoms with Gasteiger partial charge in [-0.3, -0.25) is 10.1 Å². The number of carboxylic acid groups (broad SMARTS) is 1. The largest absolute Gasteiger partial charge is 0.480 e. The number of carboxylic acids is 1. The zero-order valence-corrected chi connectivity index (χ0v) is 18.5. The van der Waals surface area contributed by atoms with Crippen molar-refractivity contribution in [1.29, 1.82) is 0 Å². The number of terminal acetylenes is 1. The number of carbonyl (C=O) groups excluding carboxylic acids is 2. The van der Waals surface area contributed by atoms with Crippen molar-refractivity contribution in [3.63, 3.8) is 0 Å². The summed E-state index contributed by atoms with van der Waals surface area (Å²) in [6.07, 6.45) is 3.94. The lowest BCUT2D eigenvalue weighted by atomic mass is 9.98. The third kappa shape index (κ3) is 4.84. The van der Waals surface area contributed by atoms with E-state index >= 15 is 0 Å². The van der Waals surface area contributed by atoms with E-state index in [1.165, 1.54) is 12.1 Å². The number of para-hydroxylation sites is 1. The van der Waals surface area contributed by atoms with Gasteiger partial charge in [-0.2, -0.15) is 0 Å². The van der Waals surface area contributed by atoms with E-state index in [9.17, 15) is 23.9 Å². The van der Waals surface area contributed by atoms with Gasteiger partial charge in [0.2, 0.25) is 0 Å². The predicted octanol–water partition coefficient (Wildman–Crippen LogP) is 4.39. The SMILES string of the molecule is C#CCC(NC(=O)c1cccc(F)c1NC(=O)OCC1c2ccccc2-c2ccccc21)C(=O)O. The highest BCUT2D eigenvalue weighted by atomic mass is 19.1. The Balaban J connectivity index is 1.49. The van der Waals surface area contributed by atoms with Gasteiger partial charge >= 0.3 is 12.1 Å². The van der Waals surface area contributed by atoms with Gasteiger partial charge in [0.15, 0.2) is 0 Å². The molecule has 0 heterocycles. The third-order valence-corrected chi connectivity index (χ3v) is 5.75. The smallest absolute Gasteiger partial charge is 0.411 e. The molecule has 0 spiro atoms. The summed E-state index contributed by atoms with van der Waals surface area (Å²) in [5, 5.41) is 13.7. The first kappa shape index (κ1) is 23.5. The molecular weight excluding hydrogens is 451 g/mol. The Morgan fingerprint density at radius 1 is 1.00 bits per heavy atom. The number of aliphatic carboxylic acids is 1. The van der Waals surface area contributed by atoms with Gasteiger partial charge in [0, 0.05) is 12.3 Å². The molecule has 1 atom stereocenters. The van der Waals surface area contributed by atoms with E-state index < -0.39 is 35.5 Å². The lowest BCUT2D eigenvalue weighted by Gasteiger charge is -2.17. The Hall–Kier alpha value is -4.64. The number of hydrogen-bond acceptors (Lipinski definition) is 4. The van der Waals surface area contributed by atoms with Crippen LogP contribution in [-0.2, 0) is 9.53 Å². The maximum absolute atomic E-state index is 14.6. The summed E-state index contributed by atoms with van der Waals surface area (Å²) in [4.78, 5) is 36.5. The molecule has 3 aromatic rings. The molecule has 0 bridgehead atoms. The Morgan fingerprint density at radius 2 is 1.63 bits per heavy atom. The van der Waals surface area contributed by atoms with Crippen molar-refractivity contribution in [2.45, 2.75) is 18.4 Å². The average molecular weight is 472 g/mol. The van der Waals surface area contributed by atoms with Crippen molar-refractivity contribution < 1.29 is 28.6 Å². The Labute approximate surface area is 200 Å².